The number of carbonyl (C=O) groups excluding carboxylic acids is 2. The van der Waals surface area contributed by atoms with Gasteiger partial charge in [-0.25, -0.2) is 4.79 Å². The number of likely N-dealkylation sites (tertiary alicyclic amines) is 1. The zero-order valence-corrected chi connectivity index (χ0v) is 17.4. The molecule has 168 valence electrons. The second kappa shape index (κ2) is 7.53. The predicted octanol–water partition coefficient (Wildman–Crippen LogP) is 4.65. The fraction of sp³-hybridized carbons (Fsp3) is 0.417. The van der Waals surface area contributed by atoms with Crippen LogP contribution in [0.3, 0.4) is 0 Å². The maximum absolute atomic E-state index is 13.5. The summed E-state index contributed by atoms with van der Waals surface area (Å²) in [5, 5.41) is 5.89. The molecule has 5 rings (SSSR count). The van der Waals surface area contributed by atoms with E-state index in [9.17, 15) is 22.8 Å². The molecule has 32 heavy (non-hydrogen) atoms. The highest BCUT2D eigenvalue weighted by Crippen LogP contribution is 2.45. The van der Waals surface area contributed by atoms with E-state index in [-0.39, 0.29) is 36.0 Å². The average molecular weight is 443 g/mol. The topological polar surface area (TPSA) is 61.4 Å². The van der Waals surface area contributed by atoms with Gasteiger partial charge >= 0.3 is 12.2 Å². The Kier molecular flexibility index (Phi) is 4.91. The Morgan fingerprint density at radius 1 is 1.09 bits per heavy atom. The SMILES string of the molecule is O=C(NC1CCCC1c1ccccc1C(F)(F)F)N1CCC2(C1)C(=O)Nc1ccccc12. The molecule has 2 aromatic carbocycles. The lowest BCUT2D eigenvalue weighted by atomic mass is 9.81. The number of benzene rings is 2. The van der Waals surface area contributed by atoms with Crippen molar-refractivity contribution in [1.82, 2.24) is 10.2 Å². The van der Waals surface area contributed by atoms with Crippen molar-refractivity contribution in [2.24, 2.45) is 0 Å². The summed E-state index contributed by atoms with van der Waals surface area (Å²) in [5.74, 6) is -0.490. The number of nitrogens with one attached hydrogen (secondary N) is 2. The summed E-state index contributed by atoms with van der Waals surface area (Å²) in [4.78, 5) is 27.5. The van der Waals surface area contributed by atoms with E-state index in [1.165, 1.54) is 12.1 Å². The number of amides is 3. The lowest BCUT2D eigenvalue weighted by Crippen LogP contribution is -2.47. The molecular weight excluding hydrogens is 419 g/mol. The minimum Gasteiger partial charge on any atom is -0.335 e. The largest absolute Gasteiger partial charge is 0.416 e. The van der Waals surface area contributed by atoms with Crippen LogP contribution in [0.1, 0.15) is 48.3 Å². The lowest BCUT2D eigenvalue weighted by molar-refractivity contribution is -0.138. The van der Waals surface area contributed by atoms with Gasteiger partial charge in [0.15, 0.2) is 0 Å². The fourth-order valence-corrected chi connectivity index (χ4v) is 5.60. The first-order valence-electron chi connectivity index (χ1n) is 10.9. The predicted molar refractivity (Wildman–Crippen MR) is 113 cm³/mol. The zero-order valence-electron chi connectivity index (χ0n) is 17.4. The van der Waals surface area contributed by atoms with Crippen LogP contribution in [0.5, 0.6) is 0 Å². The molecule has 8 heteroatoms. The Morgan fingerprint density at radius 2 is 1.84 bits per heavy atom. The number of para-hydroxylation sites is 1. The van der Waals surface area contributed by atoms with Crippen LogP contribution in [0, 0.1) is 0 Å². The highest BCUT2D eigenvalue weighted by Gasteiger charge is 2.52. The summed E-state index contributed by atoms with van der Waals surface area (Å²) < 4.78 is 40.6. The van der Waals surface area contributed by atoms with E-state index >= 15 is 0 Å². The monoisotopic (exact) mass is 443 g/mol. The minimum absolute atomic E-state index is 0.105. The van der Waals surface area contributed by atoms with Crippen molar-refractivity contribution in [3.8, 4) is 0 Å². The van der Waals surface area contributed by atoms with Crippen LogP contribution in [0.15, 0.2) is 48.5 Å². The molecule has 2 N–H and O–H groups in total. The molecule has 3 amide bonds. The van der Waals surface area contributed by atoms with Crippen LogP contribution in [-0.4, -0.2) is 36.0 Å². The number of alkyl halides is 3. The van der Waals surface area contributed by atoms with Crippen LogP contribution >= 0.6 is 0 Å². The van der Waals surface area contributed by atoms with Crippen LogP contribution in [0.4, 0.5) is 23.7 Å². The highest BCUT2D eigenvalue weighted by atomic mass is 19.4. The van der Waals surface area contributed by atoms with Gasteiger partial charge in [0.2, 0.25) is 5.91 Å². The second-order valence-electron chi connectivity index (χ2n) is 8.93. The number of nitrogens with zero attached hydrogens (tertiary/aromatic N) is 1. The lowest BCUT2D eigenvalue weighted by Gasteiger charge is -2.27. The summed E-state index contributed by atoms with van der Waals surface area (Å²) in [6.07, 6.45) is -1.93. The molecular formula is C24H24F3N3O2. The molecule has 3 atom stereocenters. The Bertz CT molecular complexity index is 1070. The van der Waals surface area contributed by atoms with Crippen molar-refractivity contribution in [2.45, 2.75) is 49.2 Å². The van der Waals surface area contributed by atoms with Gasteiger partial charge in [-0.2, -0.15) is 13.2 Å². The zero-order chi connectivity index (χ0) is 22.5. The van der Waals surface area contributed by atoms with Gasteiger partial charge in [-0.05, 0) is 42.5 Å². The van der Waals surface area contributed by atoms with Crippen LogP contribution < -0.4 is 10.6 Å². The maximum atomic E-state index is 13.5. The van der Waals surface area contributed by atoms with E-state index in [0.717, 1.165) is 23.7 Å². The molecule has 2 aromatic rings. The molecule has 3 aliphatic rings. The van der Waals surface area contributed by atoms with Gasteiger partial charge in [0.25, 0.3) is 0 Å². The third kappa shape index (κ3) is 3.32. The van der Waals surface area contributed by atoms with E-state index in [1.807, 2.05) is 24.3 Å². The molecule has 0 aromatic heterocycles. The summed E-state index contributed by atoms with van der Waals surface area (Å²) in [6, 6.07) is 12.4. The molecule has 2 fully saturated rings. The first-order chi connectivity index (χ1) is 15.3. The van der Waals surface area contributed by atoms with E-state index in [4.69, 9.17) is 0 Å². The summed E-state index contributed by atoms with van der Waals surface area (Å²) in [6.45, 7) is 0.683. The molecule has 0 radical (unpaired) electrons. The minimum atomic E-state index is -4.43. The third-order valence-corrected chi connectivity index (χ3v) is 7.17. The Morgan fingerprint density at radius 3 is 2.66 bits per heavy atom. The summed E-state index contributed by atoms with van der Waals surface area (Å²) >= 11 is 0. The van der Waals surface area contributed by atoms with Gasteiger partial charge in [0.05, 0.1) is 11.0 Å². The molecule has 0 bridgehead atoms. The number of hydrogen-bond donors (Lipinski definition) is 2. The van der Waals surface area contributed by atoms with Crippen molar-refractivity contribution >= 4 is 17.6 Å². The molecule has 2 aliphatic heterocycles. The number of halogens is 3. The van der Waals surface area contributed by atoms with Crippen LogP contribution in [0.25, 0.3) is 0 Å². The Hall–Kier alpha value is -3.03. The molecule has 1 saturated carbocycles. The van der Waals surface area contributed by atoms with Gasteiger partial charge in [-0.15, -0.1) is 0 Å². The number of hydrogen-bond acceptors (Lipinski definition) is 2. The summed E-state index contributed by atoms with van der Waals surface area (Å²) in [7, 11) is 0. The molecule has 3 unspecified atom stereocenters. The van der Waals surface area contributed by atoms with Gasteiger partial charge in [0, 0.05) is 30.7 Å². The normalized spacial score (nSPS) is 27.0. The fourth-order valence-electron chi connectivity index (χ4n) is 5.60. The van der Waals surface area contributed by atoms with E-state index < -0.39 is 17.2 Å². The highest BCUT2D eigenvalue weighted by molar-refractivity contribution is 6.07. The third-order valence-electron chi connectivity index (χ3n) is 7.17. The summed E-state index contributed by atoms with van der Waals surface area (Å²) in [5.41, 5.74) is 0.527. The van der Waals surface area contributed by atoms with E-state index in [0.29, 0.717) is 25.8 Å². The smallest absolute Gasteiger partial charge is 0.335 e. The van der Waals surface area contributed by atoms with Crippen molar-refractivity contribution in [2.75, 3.05) is 18.4 Å². The maximum Gasteiger partial charge on any atom is 0.416 e. The van der Waals surface area contributed by atoms with Crippen molar-refractivity contribution in [3.05, 3.63) is 65.2 Å². The number of urea groups is 1. The van der Waals surface area contributed by atoms with E-state index in [2.05, 4.69) is 10.6 Å². The second-order valence-corrected chi connectivity index (χ2v) is 8.93. The van der Waals surface area contributed by atoms with Crippen molar-refractivity contribution in [1.29, 1.82) is 0 Å². The first-order valence-corrected chi connectivity index (χ1v) is 10.9. The standard InChI is InChI=1S/C24H24F3N3O2/c25-24(26,27)17-8-2-1-6-15(17)16-7-5-11-19(16)29-22(32)30-13-12-23(14-30)18-9-3-4-10-20(18)28-21(23)31/h1-4,6,8-10,16,19H,5,7,11-14H2,(H,28,31)(H,29,32). The first kappa shape index (κ1) is 20.8. The van der Waals surface area contributed by atoms with Gasteiger partial charge in [0.1, 0.15) is 0 Å². The van der Waals surface area contributed by atoms with Gasteiger partial charge in [-0.1, -0.05) is 42.8 Å². The van der Waals surface area contributed by atoms with Crippen molar-refractivity contribution in [3.63, 3.8) is 0 Å². The van der Waals surface area contributed by atoms with Crippen LogP contribution in [-0.2, 0) is 16.4 Å². The number of carbonyl (C=O) groups is 2. The molecule has 5 nitrogen and oxygen atoms in total. The molecule has 1 spiro atoms. The Labute approximate surface area is 184 Å². The quantitative estimate of drug-likeness (QED) is 0.710. The number of rotatable bonds is 2. The molecule has 2 heterocycles. The Balaban J connectivity index is 1.33. The van der Waals surface area contributed by atoms with Gasteiger partial charge < -0.3 is 15.5 Å². The molecule has 1 saturated heterocycles. The van der Waals surface area contributed by atoms with Gasteiger partial charge in [-0.3, -0.25) is 4.79 Å². The average Bonchev–Trinajstić information content (AvgIpc) is 3.47. The van der Waals surface area contributed by atoms with Crippen LogP contribution in [0.2, 0.25) is 0 Å². The van der Waals surface area contributed by atoms with Crippen molar-refractivity contribution < 1.29 is 22.8 Å². The molecule has 1 aliphatic carbocycles. The number of fused-ring (bicyclic) bond motifs is 2. The van der Waals surface area contributed by atoms with E-state index in [1.54, 1.807) is 11.0 Å². The number of anilines is 1.